The van der Waals surface area contributed by atoms with Gasteiger partial charge in [0.2, 0.25) is 0 Å². The Hall–Kier alpha value is -1.10. The summed E-state index contributed by atoms with van der Waals surface area (Å²) >= 11 is 0. The summed E-state index contributed by atoms with van der Waals surface area (Å²) in [5.74, 6) is 1.26. The van der Waals surface area contributed by atoms with Gasteiger partial charge in [0.15, 0.2) is 5.82 Å². The average molecular weight is 196 g/mol. The molecule has 78 valence electrons. The first-order chi connectivity index (χ1) is 6.79. The van der Waals surface area contributed by atoms with Gasteiger partial charge in [0.05, 0.1) is 0 Å². The first-order valence-electron chi connectivity index (χ1n) is 5.05. The third kappa shape index (κ3) is 1.87. The van der Waals surface area contributed by atoms with Gasteiger partial charge in [-0.05, 0) is 32.2 Å². The van der Waals surface area contributed by atoms with E-state index in [9.17, 15) is 0 Å². The van der Waals surface area contributed by atoms with E-state index in [1.165, 1.54) is 6.42 Å². The molecule has 1 saturated heterocycles. The minimum atomic E-state index is 0.566. The molecule has 1 fully saturated rings. The molecular formula is C9H16N4O. The highest BCUT2D eigenvalue weighted by molar-refractivity contribution is 5.25. The quantitative estimate of drug-likeness (QED) is 0.748. The van der Waals surface area contributed by atoms with Crippen LogP contribution in [0.4, 0.5) is 6.01 Å². The molecule has 1 atom stereocenters. The minimum Gasteiger partial charge on any atom is -0.330 e. The van der Waals surface area contributed by atoms with Crippen LogP contribution in [0.3, 0.4) is 0 Å². The van der Waals surface area contributed by atoms with Gasteiger partial charge in [-0.3, -0.25) is 0 Å². The Morgan fingerprint density at radius 1 is 1.64 bits per heavy atom. The zero-order chi connectivity index (χ0) is 9.97. The van der Waals surface area contributed by atoms with E-state index in [2.05, 4.69) is 15.0 Å². The first-order valence-corrected chi connectivity index (χ1v) is 5.05. The van der Waals surface area contributed by atoms with Crippen LogP contribution >= 0.6 is 0 Å². The number of hydrogen-bond acceptors (Lipinski definition) is 5. The topological polar surface area (TPSA) is 68.2 Å². The molecule has 1 unspecified atom stereocenters. The highest BCUT2D eigenvalue weighted by atomic mass is 16.5. The van der Waals surface area contributed by atoms with Gasteiger partial charge in [0.25, 0.3) is 0 Å². The Balaban J connectivity index is 2.04. The van der Waals surface area contributed by atoms with Gasteiger partial charge in [0.1, 0.15) is 0 Å². The van der Waals surface area contributed by atoms with Crippen molar-refractivity contribution in [3.8, 4) is 0 Å². The molecule has 2 rings (SSSR count). The van der Waals surface area contributed by atoms with Crippen LogP contribution in [0.15, 0.2) is 4.52 Å². The molecule has 2 heterocycles. The first kappa shape index (κ1) is 9.45. The highest BCUT2D eigenvalue weighted by Gasteiger charge is 2.22. The zero-order valence-electron chi connectivity index (χ0n) is 8.44. The van der Waals surface area contributed by atoms with Crippen molar-refractivity contribution in [1.82, 2.24) is 10.1 Å². The number of anilines is 1. The van der Waals surface area contributed by atoms with Gasteiger partial charge >= 0.3 is 6.01 Å². The predicted octanol–water partition coefficient (Wildman–Crippen LogP) is 0.553. The second kappa shape index (κ2) is 3.96. The Morgan fingerprint density at radius 3 is 3.14 bits per heavy atom. The third-order valence-corrected chi connectivity index (χ3v) is 2.64. The fraction of sp³-hybridized carbons (Fsp3) is 0.778. The normalized spacial score (nSPS) is 22.7. The molecule has 1 aromatic heterocycles. The summed E-state index contributed by atoms with van der Waals surface area (Å²) in [7, 11) is 0. The van der Waals surface area contributed by atoms with E-state index < -0.39 is 0 Å². The third-order valence-electron chi connectivity index (χ3n) is 2.64. The summed E-state index contributed by atoms with van der Waals surface area (Å²) in [6.45, 7) is 4.51. The number of nitrogens with two attached hydrogens (primary N) is 1. The van der Waals surface area contributed by atoms with Crippen LogP contribution in [0.2, 0.25) is 0 Å². The van der Waals surface area contributed by atoms with Crippen molar-refractivity contribution in [1.29, 1.82) is 0 Å². The lowest BCUT2D eigenvalue weighted by Gasteiger charge is -2.30. The number of hydrogen-bond donors (Lipinski definition) is 1. The van der Waals surface area contributed by atoms with Crippen molar-refractivity contribution in [2.24, 2.45) is 11.7 Å². The number of aromatic nitrogens is 2. The molecule has 5 nitrogen and oxygen atoms in total. The van der Waals surface area contributed by atoms with E-state index in [0.29, 0.717) is 17.8 Å². The van der Waals surface area contributed by atoms with Crippen LogP contribution in [-0.4, -0.2) is 29.8 Å². The summed E-state index contributed by atoms with van der Waals surface area (Å²) in [6, 6.07) is 0.639. The lowest BCUT2D eigenvalue weighted by atomic mass is 9.99. The van der Waals surface area contributed by atoms with Gasteiger partial charge in [-0.25, -0.2) is 0 Å². The highest BCUT2D eigenvalue weighted by Crippen LogP contribution is 2.20. The van der Waals surface area contributed by atoms with Gasteiger partial charge < -0.3 is 15.2 Å². The summed E-state index contributed by atoms with van der Waals surface area (Å²) < 4.78 is 5.12. The standard InChI is InChI=1S/C9H16N4O/c1-7-11-9(14-12-7)13-4-2-3-8(5-10)6-13/h8H,2-6,10H2,1H3. The van der Waals surface area contributed by atoms with E-state index in [0.717, 1.165) is 26.1 Å². The molecular weight excluding hydrogens is 180 g/mol. The number of aryl methyl sites for hydroxylation is 1. The van der Waals surface area contributed by atoms with Crippen molar-refractivity contribution in [2.75, 3.05) is 24.5 Å². The fourth-order valence-electron chi connectivity index (χ4n) is 1.85. The van der Waals surface area contributed by atoms with Crippen molar-refractivity contribution in [3.05, 3.63) is 5.82 Å². The molecule has 2 N–H and O–H groups in total. The SMILES string of the molecule is Cc1noc(N2CCCC(CN)C2)n1. The molecule has 1 aliphatic rings. The van der Waals surface area contributed by atoms with E-state index in [4.69, 9.17) is 10.3 Å². The molecule has 0 spiro atoms. The Kier molecular flexibility index (Phi) is 2.67. The lowest BCUT2D eigenvalue weighted by Crippen LogP contribution is -2.38. The summed E-state index contributed by atoms with van der Waals surface area (Å²) in [6.07, 6.45) is 2.36. The molecule has 0 bridgehead atoms. The Morgan fingerprint density at radius 2 is 2.50 bits per heavy atom. The minimum absolute atomic E-state index is 0.566. The van der Waals surface area contributed by atoms with E-state index in [1.54, 1.807) is 0 Å². The van der Waals surface area contributed by atoms with Crippen molar-refractivity contribution in [3.63, 3.8) is 0 Å². The molecule has 0 radical (unpaired) electrons. The number of piperidine rings is 1. The molecule has 0 amide bonds. The maximum Gasteiger partial charge on any atom is 0.324 e. The van der Waals surface area contributed by atoms with Crippen LogP contribution in [0.1, 0.15) is 18.7 Å². The van der Waals surface area contributed by atoms with E-state index >= 15 is 0 Å². The van der Waals surface area contributed by atoms with E-state index in [1.807, 2.05) is 6.92 Å². The Labute approximate surface area is 83.3 Å². The lowest BCUT2D eigenvalue weighted by molar-refractivity contribution is 0.366. The van der Waals surface area contributed by atoms with Crippen LogP contribution in [0.25, 0.3) is 0 Å². The maximum absolute atomic E-state index is 5.66. The largest absolute Gasteiger partial charge is 0.330 e. The summed E-state index contributed by atoms with van der Waals surface area (Å²) in [5.41, 5.74) is 5.66. The monoisotopic (exact) mass is 196 g/mol. The fourth-order valence-corrected chi connectivity index (χ4v) is 1.85. The smallest absolute Gasteiger partial charge is 0.324 e. The summed E-state index contributed by atoms with van der Waals surface area (Å²) in [4.78, 5) is 6.34. The van der Waals surface area contributed by atoms with Crippen LogP contribution in [0, 0.1) is 12.8 Å². The number of nitrogens with zero attached hydrogens (tertiary/aromatic N) is 3. The molecule has 14 heavy (non-hydrogen) atoms. The van der Waals surface area contributed by atoms with Gasteiger partial charge in [-0.15, -0.1) is 0 Å². The maximum atomic E-state index is 5.66. The van der Waals surface area contributed by atoms with Crippen molar-refractivity contribution >= 4 is 6.01 Å². The van der Waals surface area contributed by atoms with Gasteiger partial charge in [-0.2, -0.15) is 4.98 Å². The van der Waals surface area contributed by atoms with Crippen LogP contribution in [0.5, 0.6) is 0 Å². The van der Waals surface area contributed by atoms with Gasteiger partial charge in [-0.1, -0.05) is 5.16 Å². The number of rotatable bonds is 2. The molecule has 0 saturated carbocycles. The van der Waals surface area contributed by atoms with Crippen molar-refractivity contribution in [2.45, 2.75) is 19.8 Å². The predicted molar refractivity (Wildman–Crippen MR) is 53.0 cm³/mol. The van der Waals surface area contributed by atoms with Crippen LogP contribution < -0.4 is 10.6 Å². The molecule has 1 aromatic rings. The molecule has 5 heteroatoms. The van der Waals surface area contributed by atoms with Crippen LogP contribution in [-0.2, 0) is 0 Å². The second-order valence-corrected chi connectivity index (χ2v) is 3.81. The molecule has 1 aliphatic heterocycles. The molecule has 0 aliphatic carbocycles. The molecule has 0 aromatic carbocycles. The Bertz CT molecular complexity index is 299. The second-order valence-electron chi connectivity index (χ2n) is 3.81. The zero-order valence-corrected chi connectivity index (χ0v) is 8.44. The average Bonchev–Trinajstić information content (AvgIpc) is 2.65. The van der Waals surface area contributed by atoms with E-state index in [-0.39, 0.29) is 0 Å². The summed E-state index contributed by atoms with van der Waals surface area (Å²) in [5, 5.41) is 3.78. The van der Waals surface area contributed by atoms with Crippen molar-refractivity contribution < 1.29 is 4.52 Å². The van der Waals surface area contributed by atoms with Gasteiger partial charge in [0, 0.05) is 13.1 Å².